The lowest BCUT2D eigenvalue weighted by Gasteiger charge is -2.35. The molecule has 0 aromatic carbocycles. The maximum absolute atomic E-state index is 4.41. The topological polar surface area (TPSA) is 27.3 Å². The van der Waals surface area contributed by atoms with Gasteiger partial charge < -0.3 is 15.5 Å². The standard InChI is InChI=1S/C22H35N3/c1-9-11-20(15(5)17(7)23-12-10-2)24-18(8)22-21-16(6)19(21)13-25(22)14(3)4/h10,16,19-24H,2-3,5,7-9,11-13H2,1,4,6H3/t16?,19-,20?,21+,22?/m1/s1. The molecule has 5 atom stereocenters. The highest BCUT2D eigenvalue weighted by molar-refractivity contribution is 5.32. The van der Waals surface area contributed by atoms with Gasteiger partial charge in [0.05, 0.1) is 12.1 Å². The number of nitrogens with one attached hydrogen (secondary N) is 2. The summed E-state index contributed by atoms with van der Waals surface area (Å²) in [6.07, 6.45) is 3.92. The second-order valence-electron chi connectivity index (χ2n) is 7.62. The van der Waals surface area contributed by atoms with Gasteiger partial charge in [0.2, 0.25) is 0 Å². The van der Waals surface area contributed by atoms with Crippen molar-refractivity contribution in [2.45, 2.75) is 45.7 Å². The molecule has 1 heterocycles. The predicted octanol–water partition coefficient (Wildman–Crippen LogP) is 4.20. The summed E-state index contributed by atoms with van der Waals surface area (Å²) in [6.45, 7) is 29.2. The van der Waals surface area contributed by atoms with Crippen molar-refractivity contribution in [3.8, 4) is 0 Å². The Balaban J connectivity index is 2.06. The van der Waals surface area contributed by atoms with Crippen LogP contribution in [0.15, 0.2) is 61.6 Å². The first-order valence-electron chi connectivity index (χ1n) is 9.43. The van der Waals surface area contributed by atoms with Crippen molar-refractivity contribution < 1.29 is 0 Å². The molecule has 3 nitrogen and oxygen atoms in total. The van der Waals surface area contributed by atoms with Crippen LogP contribution in [0.2, 0.25) is 0 Å². The summed E-state index contributed by atoms with van der Waals surface area (Å²) in [5.41, 5.74) is 4.11. The minimum Gasteiger partial charge on any atom is -0.382 e. The average Bonchev–Trinajstić information content (AvgIpc) is 3.02. The zero-order valence-electron chi connectivity index (χ0n) is 16.3. The van der Waals surface area contributed by atoms with Crippen molar-refractivity contribution in [2.75, 3.05) is 13.1 Å². The molecule has 0 aromatic heterocycles. The normalized spacial score (nSPS) is 27.9. The fourth-order valence-corrected chi connectivity index (χ4v) is 4.20. The molecule has 1 saturated heterocycles. The molecule has 0 amide bonds. The molecule has 2 N–H and O–H groups in total. The van der Waals surface area contributed by atoms with Gasteiger partial charge >= 0.3 is 0 Å². The van der Waals surface area contributed by atoms with Crippen molar-refractivity contribution in [3.05, 3.63) is 61.6 Å². The van der Waals surface area contributed by atoms with Crippen molar-refractivity contribution in [3.63, 3.8) is 0 Å². The van der Waals surface area contributed by atoms with E-state index in [0.29, 0.717) is 18.5 Å². The Hall–Kier alpha value is -1.90. The van der Waals surface area contributed by atoms with Gasteiger partial charge in [-0.1, -0.05) is 52.7 Å². The SMILES string of the molecule is C=CCNC(=C)C(=C)C(CCC)NC(=C)C1[C@H]2C(C)[C@H]2CN1C(=C)C. The monoisotopic (exact) mass is 341 g/mol. The molecule has 0 aromatic rings. The number of nitrogens with zero attached hydrogens (tertiary/aromatic N) is 1. The van der Waals surface area contributed by atoms with Gasteiger partial charge in [-0.2, -0.15) is 0 Å². The van der Waals surface area contributed by atoms with E-state index >= 15 is 0 Å². The maximum atomic E-state index is 4.41. The molecule has 3 heteroatoms. The summed E-state index contributed by atoms with van der Waals surface area (Å²) in [5.74, 6) is 2.28. The largest absolute Gasteiger partial charge is 0.382 e. The molecule has 1 aliphatic heterocycles. The third-order valence-electron chi connectivity index (χ3n) is 5.80. The summed E-state index contributed by atoms with van der Waals surface area (Å²) in [5, 5.41) is 6.93. The van der Waals surface area contributed by atoms with E-state index in [2.05, 4.69) is 69.2 Å². The van der Waals surface area contributed by atoms with Gasteiger partial charge in [0.25, 0.3) is 0 Å². The minimum atomic E-state index is 0.155. The molecule has 25 heavy (non-hydrogen) atoms. The first-order valence-corrected chi connectivity index (χ1v) is 9.43. The van der Waals surface area contributed by atoms with Gasteiger partial charge in [0.15, 0.2) is 0 Å². The van der Waals surface area contributed by atoms with Crippen molar-refractivity contribution in [1.82, 2.24) is 15.5 Å². The van der Waals surface area contributed by atoms with Crippen LogP contribution in [0.25, 0.3) is 0 Å². The van der Waals surface area contributed by atoms with Crippen LogP contribution in [0.3, 0.4) is 0 Å². The Bertz CT molecular complexity index is 574. The number of hydrogen-bond acceptors (Lipinski definition) is 3. The van der Waals surface area contributed by atoms with E-state index in [1.54, 1.807) is 0 Å². The number of piperidine rings is 1. The second-order valence-corrected chi connectivity index (χ2v) is 7.62. The van der Waals surface area contributed by atoms with E-state index in [-0.39, 0.29) is 6.04 Å². The highest BCUT2D eigenvalue weighted by Gasteiger charge is 2.59. The molecular formula is C22H35N3. The van der Waals surface area contributed by atoms with Crippen LogP contribution in [0.5, 0.6) is 0 Å². The maximum Gasteiger partial charge on any atom is 0.0713 e. The minimum absolute atomic E-state index is 0.155. The Morgan fingerprint density at radius 3 is 2.52 bits per heavy atom. The van der Waals surface area contributed by atoms with E-state index in [1.165, 1.54) is 0 Å². The Labute approximate surface area is 154 Å². The average molecular weight is 342 g/mol. The number of likely N-dealkylation sites (tertiary alicyclic amines) is 1. The van der Waals surface area contributed by atoms with E-state index in [0.717, 1.165) is 53.9 Å². The van der Waals surface area contributed by atoms with Gasteiger partial charge in [-0.25, -0.2) is 0 Å². The lowest BCUT2D eigenvalue weighted by Crippen LogP contribution is -2.42. The fourth-order valence-electron chi connectivity index (χ4n) is 4.20. The lowest BCUT2D eigenvalue weighted by molar-refractivity contribution is 0.281. The molecule has 2 rings (SSSR count). The first-order chi connectivity index (χ1) is 11.8. The quantitative estimate of drug-likeness (QED) is 0.435. The summed E-state index contributed by atoms with van der Waals surface area (Å²) in [4.78, 5) is 2.42. The van der Waals surface area contributed by atoms with Crippen LogP contribution in [-0.4, -0.2) is 30.1 Å². The van der Waals surface area contributed by atoms with Crippen LogP contribution < -0.4 is 10.6 Å². The van der Waals surface area contributed by atoms with Crippen LogP contribution in [0.1, 0.15) is 33.6 Å². The zero-order chi connectivity index (χ0) is 18.7. The van der Waals surface area contributed by atoms with Crippen LogP contribution in [0, 0.1) is 17.8 Å². The Morgan fingerprint density at radius 2 is 1.96 bits per heavy atom. The molecule has 0 bridgehead atoms. The Morgan fingerprint density at radius 1 is 1.28 bits per heavy atom. The molecular weight excluding hydrogens is 306 g/mol. The molecule has 2 fully saturated rings. The summed E-state index contributed by atoms with van der Waals surface area (Å²) >= 11 is 0. The van der Waals surface area contributed by atoms with Crippen molar-refractivity contribution >= 4 is 0 Å². The van der Waals surface area contributed by atoms with Gasteiger partial charge in [0, 0.05) is 30.2 Å². The highest BCUT2D eigenvalue weighted by atomic mass is 15.2. The summed E-state index contributed by atoms with van der Waals surface area (Å²) in [7, 11) is 0. The molecule has 138 valence electrons. The lowest BCUT2D eigenvalue weighted by atomic mass is 9.99. The fraction of sp³-hybridized carbons (Fsp3) is 0.545. The number of rotatable bonds is 11. The molecule has 1 saturated carbocycles. The van der Waals surface area contributed by atoms with Gasteiger partial charge in [0.1, 0.15) is 0 Å². The third-order valence-corrected chi connectivity index (χ3v) is 5.80. The van der Waals surface area contributed by atoms with Crippen molar-refractivity contribution in [1.29, 1.82) is 0 Å². The molecule has 2 aliphatic rings. The van der Waals surface area contributed by atoms with Gasteiger partial charge in [-0.15, -0.1) is 6.58 Å². The van der Waals surface area contributed by atoms with Gasteiger partial charge in [-0.05, 0) is 36.7 Å². The van der Waals surface area contributed by atoms with Crippen molar-refractivity contribution in [2.24, 2.45) is 17.8 Å². The molecule has 0 spiro atoms. The van der Waals surface area contributed by atoms with E-state index in [4.69, 9.17) is 0 Å². The summed E-state index contributed by atoms with van der Waals surface area (Å²) < 4.78 is 0. The van der Waals surface area contributed by atoms with Gasteiger partial charge in [-0.3, -0.25) is 0 Å². The number of fused-ring (bicyclic) bond motifs is 1. The van der Waals surface area contributed by atoms with E-state index in [9.17, 15) is 0 Å². The second kappa shape index (κ2) is 7.99. The van der Waals surface area contributed by atoms with Crippen LogP contribution in [0.4, 0.5) is 0 Å². The zero-order valence-corrected chi connectivity index (χ0v) is 16.3. The number of allylic oxidation sites excluding steroid dienone is 1. The van der Waals surface area contributed by atoms with E-state index < -0.39 is 0 Å². The highest BCUT2D eigenvalue weighted by Crippen LogP contribution is 2.57. The van der Waals surface area contributed by atoms with Crippen LogP contribution >= 0.6 is 0 Å². The molecule has 0 radical (unpaired) electrons. The first kappa shape index (κ1) is 19.4. The van der Waals surface area contributed by atoms with Crippen LogP contribution in [-0.2, 0) is 0 Å². The smallest absolute Gasteiger partial charge is 0.0713 e. The predicted molar refractivity (Wildman–Crippen MR) is 109 cm³/mol. The van der Waals surface area contributed by atoms with E-state index in [1.807, 2.05) is 6.08 Å². The Kier molecular flexibility index (Phi) is 6.21. The molecule has 1 aliphatic carbocycles. The molecule has 3 unspecified atom stereocenters. The third kappa shape index (κ3) is 4.02. The summed E-state index contributed by atoms with van der Waals surface area (Å²) in [6, 6.07) is 0.501. The number of hydrogen-bond donors (Lipinski definition) is 2.